The van der Waals surface area contributed by atoms with Crippen molar-refractivity contribution in [3.63, 3.8) is 0 Å². The lowest BCUT2D eigenvalue weighted by Gasteiger charge is -2.06. The Bertz CT molecular complexity index is 925. The van der Waals surface area contributed by atoms with Gasteiger partial charge in [-0.15, -0.1) is 5.11 Å². The topological polar surface area (TPSA) is 160 Å². The number of carbonyl (C=O) groups is 1. The second-order valence-electron chi connectivity index (χ2n) is 4.89. The molecule has 24 heavy (non-hydrogen) atoms. The van der Waals surface area contributed by atoms with Crippen LogP contribution in [0.2, 0.25) is 0 Å². The fourth-order valence-corrected chi connectivity index (χ4v) is 2.45. The van der Waals surface area contributed by atoms with E-state index in [0.717, 1.165) is 0 Å². The first-order valence-corrected chi connectivity index (χ1v) is 8.06. The second-order valence-corrected chi connectivity index (χ2v) is 6.31. The van der Waals surface area contributed by atoms with Crippen LogP contribution in [0.1, 0.15) is 5.56 Å². The smallest absolute Gasteiger partial charge is 0.316 e. The first kappa shape index (κ1) is 17.4. The molecule has 126 valence electrons. The van der Waals surface area contributed by atoms with Crippen LogP contribution in [-0.4, -0.2) is 19.0 Å². The number of anilines is 2. The maximum Gasteiger partial charge on any atom is 0.316 e. The van der Waals surface area contributed by atoms with Crippen molar-refractivity contribution in [1.29, 1.82) is 0 Å². The summed E-state index contributed by atoms with van der Waals surface area (Å²) in [4.78, 5) is 10.8. The van der Waals surface area contributed by atoms with Crippen LogP contribution in [0.3, 0.4) is 0 Å². The number of amides is 2. The molecule has 0 aromatic heterocycles. The molecule has 2 aromatic rings. The molecular formula is C14H15N5O4S. The zero-order valence-electron chi connectivity index (χ0n) is 12.6. The van der Waals surface area contributed by atoms with E-state index in [-0.39, 0.29) is 4.90 Å². The molecule has 6 N–H and O–H groups in total. The molecule has 2 aromatic carbocycles. The minimum Gasteiger partial charge on any atom is -0.399 e. The summed E-state index contributed by atoms with van der Waals surface area (Å²) in [6.45, 7) is 1.62. The average molecular weight is 349 g/mol. The van der Waals surface area contributed by atoms with Gasteiger partial charge in [0.15, 0.2) is 0 Å². The Morgan fingerprint density at radius 3 is 2.33 bits per heavy atom. The Hall–Kier alpha value is -2.98. The van der Waals surface area contributed by atoms with Crippen LogP contribution in [0.5, 0.6) is 0 Å². The van der Waals surface area contributed by atoms with Crippen molar-refractivity contribution < 1.29 is 17.8 Å². The van der Waals surface area contributed by atoms with Crippen molar-refractivity contribution >= 4 is 38.9 Å². The molecule has 0 radical (unpaired) electrons. The molecule has 0 spiro atoms. The van der Waals surface area contributed by atoms with Crippen LogP contribution in [0.4, 0.5) is 27.5 Å². The zero-order chi connectivity index (χ0) is 17.9. The number of azo groups is 1. The molecule has 2 amide bonds. The summed E-state index contributed by atoms with van der Waals surface area (Å²) in [5, 5.41) is 10.4. The second kappa shape index (κ2) is 6.64. The molecular weight excluding hydrogens is 334 g/mol. The fraction of sp³-hybridized carbons (Fsp3) is 0.0714. The van der Waals surface area contributed by atoms with E-state index >= 15 is 0 Å². The van der Waals surface area contributed by atoms with Crippen LogP contribution in [0.15, 0.2) is 51.5 Å². The van der Waals surface area contributed by atoms with Crippen molar-refractivity contribution in [2.24, 2.45) is 16.0 Å². The highest BCUT2D eigenvalue weighted by atomic mass is 32.2. The number of nitrogens with zero attached hydrogens (tertiary/aromatic N) is 2. The van der Waals surface area contributed by atoms with Crippen molar-refractivity contribution in [3.05, 3.63) is 42.0 Å². The highest BCUT2D eigenvalue weighted by molar-refractivity contribution is 7.85. The number of nitrogens with one attached hydrogen (secondary N) is 1. The molecule has 0 atom stereocenters. The Morgan fingerprint density at radius 1 is 1.12 bits per heavy atom. The van der Waals surface area contributed by atoms with E-state index in [9.17, 15) is 13.2 Å². The van der Waals surface area contributed by atoms with Gasteiger partial charge >= 0.3 is 6.03 Å². The number of rotatable bonds is 4. The highest BCUT2D eigenvalue weighted by Gasteiger charge is 2.11. The number of benzene rings is 2. The number of primary amides is 1. The first-order valence-electron chi connectivity index (χ1n) is 6.62. The average Bonchev–Trinajstić information content (AvgIpc) is 2.46. The minimum absolute atomic E-state index is 0.234. The van der Waals surface area contributed by atoms with E-state index in [2.05, 4.69) is 15.5 Å². The van der Waals surface area contributed by atoms with Gasteiger partial charge in [-0.25, -0.2) is 4.79 Å². The lowest BCUT2D eigenvalue weighted by Crippen LogP contribution is -2.19. The summed E-state index contributed by atoms with van der Waals surface area (Å²) >= 11 is 0. The summed E-state index contributed by atoms with van der Waals surface area (Å²) in [5.74, 6) is 0. The minimum atomic E-state index is -4.28. The predicted molar refractivity (Wildman–Crippen MR) is 89.2 cm³/mol. The maximum atomic E-state index is 11.1. The van der Waals surface area contributed by atoms with Crippen molar-refractivity contribution in [2.45, 2.75) is 11.8 Å². The van der Waals surface area contributed by atoms with Crippen LogP contribution in [-0.2, 0) is 10.1 Å². The van der Waals surface area contributed by atoms with E-state index in [1.54, 1.807) is 19.1 Å². The quantitative estimate of drug-likeness (QED) is 0.378. The molecule has 0 aliphatic carbocycles. The molecule has 0 heterocycles. The Kier molecular flexibility index (Phi) is 4.81. The van der Waals surface area contributed by atoms with Gasteiger partial charge in [-0.3, -0.25) is 4.55 Å². The van der Waals surface area contributed by atoms with Crippen molar-refractivity contribution in [1.82, 2.24) is 0 Å². The molecule has 0 bridgehead atoms. The van der Waals surface area contributed by atoms with Gasteiger partial charge in [0.1, 0.15) is 5.69 Å². The highest BCUT2D eigenvalue weighted by Crippen LogP contribution is 2.30. The van der Waals surface area contributed by atoms with E-state index < -0.39 is 16.1 Å². The lowest BCUT2D eigenvalue weighted by atomic mass is 10.2. The van der Waals surface area contributed by atoms with Crippen LogP contribution < -0.4 is 16.8 Å². The van der Waals surface area contributed by atoms with Gasteiger partial charge in [-0.05, 0) is 48.9 Å². The van der Waals surface area contributed by atoms with Gasteiger partial charge in [0, 0.05) is 5.69 Å². The number of urea groups is 1. The molecule has 0 unspecified atom stereocenters. The van der Waals surface area contributed by atoms with Crippen molar-refractivity contribution in [2.75, 3.05) is 11.1 Å². The number of hydrogen-bond acceptors (Lipinski definition) is 6. The van der Waals surface area contributed by atoms with E-state index in [1.165, 1.54) is 24.3 Å². The molecule has 2 rings (SSSR count). The summed E-state index contributed by atoms with van der Waals surface area (Å²) in [7, 11) is -4.28. The molecule has 0 fully saturated rings. The van der Waals surface area contributed by atoms with Gasteiger partial charge in [0.05, 0.1) is 16.3 Å². The Morgan fingerprint density at radius 2 is 1.75 bits per heavy atom. The standard InChI is InChI=1S/C14H15N5O4S/c1-8-6-10(24(21,22)23)3-5-11(8)18-19-12-4-2-9(15)7-13(12)17-14(16)20/h2-7H,15H2,1H3,(H3,16,17,20)(H,21,22,23). The lowest BCUT2D eigenvalue weighted by molar-refractivity contribution is 0.259. The summed E-state index contributed by atoms with van der Waals surface area (Å²) < 4.78 is 31.2. The first-order chi connectivity index (χ1) is 11.2. The molecule has 0 aliphatic rings. The van der Waals surface area contributed by atoms with Gasteiger partial charge in [0.25, 0.3) is 10.1 Å². The molecule has 0 aliphatic heterocycles. The van der Waals surface area contributed by atoms with Gasteiger partial charge in [-0.1, -0.05) is 0 Å². The number of nitrogens with two attached hydrogens (primary N) is 2. The number of hydrogen-bond donors (Lipinski definition) is 4. The fourth-order valence-electron chi connectivity index (χ4n) is 1.88. The Labute approximate surface area is 138 Å². The largest absolute Gasteiger partial charge is 0.399 e. The summed E-state index contributed by atoms with van der Waals surface area (Å²) in [6.07, 6.45) is 0. The van der Waals surface area contributed by atoms with Gasteiger partial charge in [0.2, 0.25) is 0 Å². The normalized spacial score (nSPS) is 11.6. The molecule has 10 heteroatoms. The van der Waals surface area contributed by atoms with Gasteiger partial charge < -0.3 is 16.8 Å². The number of carbonyl (C=O) groups excluding carboxylic acids is 1. The summed E-state index contributed by atoms with van der Waals surface area (Å²) in [6, 6.07) is 7.72. The zero-order valence-corrected chi connectivity index (χ0v) is 13.4. The van der Waals surface area contributed by atoms with Crippen LogP contribution in [0, 0.1) is 6.92 Å². The maximum absolute atomic E-state index is 11.1. The summed E-state index contributed by atoms with van der Waals surface area (Å²) in [5.41, 5.74) is 12.6. The van der Waals surface area contributed by atoms with E-state index in [1.807, 2.05) is 0 Å². The molecule has 0 saturated heterocycles. The van der Waals surface area contributed by atoms with E-state index in [4.69, 9.17) is 16.0 Å². The SMILES string of the molecule is Cc1cc(S(=O)(=O)O)ccc1N=Nc1ccc(N)cc1NC(N)=O. The third-order valence-corrected chi connectivity index (χ3v) is 3.86. The number of aryl methyl sites for hydroxylation is 1. The van der Waals surface area contributed by atoms with Gasteiger partial charge in [-0.2, -0.15) is 13.5 Å². The third kappa shape index (κ3) is 4.27. The molecule has 0 saturated carbocycles. The molecule has 9 nitrogen and oxygen atoms in total. The van der Waals surface area contributed by atoms with Crippen LogP contribution in [0.25, 0.3) is 0 Å². The van der Waals surface area contributed by atoms with E-state index in [0.29, 0.717) is 28.3 Å². The number of nitrogen functional groups attached to an aromatic ring is 1. The predicted octanol–water partition coefficient (Wildman–Crippen LogP) is 2.73. The van der Waals surface area contributed by atoms with Crippen molar-refractivity contribution in [3.8, 4) is 0 Å². The third-order valence-electron chi connectivity index (χ3n) is 3.01. The van der Waals surface area contributed by atoms with Crippen LogP contribution >= 0.6 is 0 Å². The monoisotopic (exact) mass is 349 g/mol. The Balaban J connectivity index is 2.36.